The van der Waals surface area contributed by atoms with Gasteiger partial charge in [-0.05, 0) is 24.3 Å². The number of hydrogen-bond acceptors (Lipinski definition) is 4. The van der Waals surface area contributed by atoms with Gasteiger partial charge in [0.1, 0.15) is 11.3 Å². The van der Waals surface area contributed by atoms with Crippen LogP contribution in [0.2, 0.25) is 0 Å². The number of phenols is 1. The summed E-state index contributed by atoms with van der Waals surface area (Å²) < 4.78 is 5.35. The minimum atomic E-state index is 0.234. The summed E-state index contributed by atoms with van der Waals surface area (Å²) >= 11 is 0. The summed E-state index contributed by atoms with van der Waals surface area (Å²) in [7, 11) is 0. The SMILES string of the molecule is Oc1ccc(N2CCOCC2)c2cccnc12. The van der Waals surface area contributed by atoms with E-state index in [1.165, 1.54) is 0 Å². The number of benzene rings is 1. The number of phenolic OH excluding ortho intramolecular Hbond substituents is 1. The molecule has 1 aliphatic rings. The standard InChI is InChI=1S/C13H14N2O2/c16-12-4-3-11(15-6-8-17-9-7-15)10-2-1-5-14-13(10)12/h1-5,16H,6-9H2. The van der Waals surface area contributed by atoms with Crippen molar-refractivity contribution < 1.29 is 9.84 Å². The number of morpholine rings is 1. The molecule has 1 N–H and O–H groups in total. The molecule has 0 spiro atoms. The van der Waals surface area contributed by atoms with E-state index in [1.807, 2.05) is 18.2 Å². The topological polar surface area (TPSA) is 45.6 Å². The smallest absolute Gasteiger partial charge is 0.141 e. The highest BCUT2D eigenvalue weighted by atomic mass is 16.5. The number of aromatic hydroxyl groups is 1. The molecule has 0 bridgehead atoms. The first kappa shape index (κ1) is 10.4. The summed E-state index contributed by atoms with van der Waals surface area (Å²) in [6.45, 7) is 3.27. The van der Waals surface area contributed by atoms with Gasteiger partial charge < -0.3 is 14.7 Å². The maximum Gasteiger partial charge on any atom is 0.141 e. The normalized spacial score (nSPS) is 16.4. The third-order valence-corrected chi connectivity index (χ3v) is 3.08. The lowest BCUT2D eigenvalue weighted by Gasteiger charge is -2.29. The zero-order valence-electron chi connectivity index (χ0n) is 9.47. The highest BCUT2D eigenvalue weighted by Gasteiger charge is 2.15. The van der Waals surface area contributed by atoms with E-state index in [4.69, 9.17) is 4.74 Å². The number of fused-ring (bicyclic) bond motifs is 1. The second kappa shape index (κ2) is 4.22. The lowest BCUT2D eigenvalue weighted by molar-refractivity contribution is 0.123. The Morgan fingerprint density at radius 3 is 2.82 bits per heavy atom. The van der Waals surface area contributed by atoms with Gasteiger partial charge in [0, 0.05) is 30.4 Å². The molecule has 1 fully saturated rings. The van der Waals surface area contributed by atoms with Gasteiger partial charge in [0.25, 0.3) is 0 Å². The van der Waals surface area contributed by atoms with Crippen LogP contribution >= 0.6 is 0 Å². The van der Waals surface area contributed by atoms with Gasteiger partial charge in [-0.3, -0.25) is 4.98 Å². The molecule has 17 heavy (non-hydrogen) atoms. The average Bonchev–Trinajstić information content (AvgIpc) is 2.41. The van der Waals surface area contributed by atoms with Crippen LogP contribution in [0.15, 0.2) is 30.5 Å². The average molecular weight is 230 g/mol. The molecule has 4 heteroatoms. The minimum absolute atomic E-state index is 0.234. The zero-order chi connectivity index (χ0) is 11.7. The third-order valence-electron chi connectivity index (χ3n) is 3.08. The molecule has 0 saturated carbocycles. The Bertz CT molecular complexity index is 536. The van der Waals surface area contributed by atoms with Gasteiger partial charge in [-0.2, -0.15) is 0 Å². The molecule has 1 aromatic carbocycles. The fourth-order valence-electron chi connectivity index (χ4n) is 2.22. The Balaban J connectivity index is 2.12. The van der Waals surface area contributed by atoms with E-state index in [0.717, 1.165) is 37.4 Å². The van der Waals surface area contributed by atoms with Crippen molar-refractivity contribution in [1.82, 2.24) is 4.98 Å². The quantitative estimate of drug-likeness (QED) is 0.811. The molecular formula is C13H14N2O2. The van der Waals surface area contributed by atoms with Crippen molar-refractivity contribution in [3.05, 3.63) is 30.5 Å². The number of pyridine rings is 1. The van der Waals surface area contributed by atoms with Crippen molar-refractivity contribution in [2.45, 2.75) is 0 Å². The molecule has 0 aliphatic carbocycles. The number of rotatable bonds is 1. The van der Waals surface area contributed by atoms with E-state index < -0.39 is 0 Å². The van der Waals surface area contributed by atoms with Gasteiger partial charge in [-0.15, -0.1) is 0 Å². The van der Waals surface area contributed by atoms with E-state index in [1.54, 1.807) is 12.3 Å². The molecule has 2 aromatic rings. The second-order valence-corrected chi connectivity index (χ2v) is 4.10. The molecule has 0 unspecified atom stereocenters. The summed E-state index contributed by atoms with van der Waals surface area (Å²) in [4.78, 5) is 6.50. The molecule has 2 heterocycles. The molecule has 1 aromatic heterocycles. The van der Waals surface area contributed by atoms with Crippen LogP contribution in [0.25, 0.3) is 10.9 Å². The number of nitrogens with zero attached hydrogens (tertiary/aromatic N) is 2. The van der Waals surface area contributed by atoms with Crippen LogP contribution in [0.5, 0.6) is 5.75 Å². The number of anilines is 1. The Kier molecular flexibility index (Phi) is 2.57. The van der Waals surface area contributed by atoms with Gasteiger partial charge in [0.15, 0.2) is 0 Å². The molecule has 0 amide bonds. The van der Waals surface area contributed by atoms with Crippen molar-refractivity contribution in [2.75, 3.05) is 31.2 Å². The summed E-state index contributed by atoms with van der Waals surface area (Å²) in [5.74, 6) is 0.234. The molecule has 1 saturated heterocycles. The van der Waals surface area contributed by atoms with E-state index >= 15 is 0 Å². The predicted molar refractivity (Wildman–Crippen MR) is 66.4 cm³/mol. The first-order chi connectivity index (χ1) is 8.36. The predicted octanol–water partition coefficient (Wildman–Crippen LogP) is 1.78. The van der Waals surface area contributed by atoms with Gasteiger partial charge in [-0.25, -0.2) is 0 Å². The summed E-state index contributed by atoms with van der Waals surface area (Å²) in [6, 6.07) is 7.55. The molecular weight excluding hydrogens is 216 g/mol. The monoisotopic (exact) mass is 230 g/mol. The first-order valence-corrected chi connectivity index (χ1v) is 5.75. The molecule has 3 rings (SSSR count). The fraction of sp³-hybridized carbons (Fsp3) is 0.308. The summed E-state index contributed by atoms with van der Waals surface area (Å²) in [5, 5.41) is 10.8. The van der Waals surface area contributed by atoms with Crippen LogP contribution in [0.3, 0.4) is 0 Å². The maximum absolute atomic E-state index is 9.79. The fourth-order valence-corrected chi connectivity index (χ4v) is 2.22. The molecule has 88 valence electrons. The number of aromatic nitrogens is 1. The largest absolute Gasteiger partial charge is 0.506 e. The Labute approximate surface area is 99.5 Å². The van der Waals surface area contributed by atoms with Crippen molar-refractivity contribution >= 4 is 16.6 Å². The summed E-state index contributed by atoms with van der Waals surface area (Å²) in [5.41, 5.74) is 1.78. The van der Waals surface area contributed by atoms with Crippen LogP contribution < -0.4 is 4.90 Å². The van der Waals surface area contributed by atoms with Crippen molar-refractivity contribution in [1.29, 1.82) is 0 Å². The van der Waals surface area contributed by atoms with Gasteiger partial charge in [-0.1, -0.05) is 0 Å². The molecule has 4 nitrogen and oxygen atoms in total. The molecule has 1 aliphatic heterocycles. The minimum Gasteiger partial charge on any atom is -0.506 e. The Morgan fingerprint density at radius 1 is 1.18 bits per heavy atom. The highest BCUT2D eigenvalue weighted by molar-refractivity contribution is 5.95. The van der Waals surface area contributed by atoms with Crippen LogP contribution in [0, 0.1) is 0 Å². The number of hydrogen-bond donors (Lipinski definition) is 1. The first-order valence-electron chi connectivity index (χ1n) is 5.75. The highest BCUT2D eigenvalue weighted by Crippen LogP contribution is 2.31. The van der Waals surface area contributed by atoms with Crippen molar-refractivity contribution in [2.24, 2.45) is 0 Å². The van der Waals surface area contributed by atoms with Crippen LogP contribution in [0.4, 0.5) is 5.69 Å². The third kappa shape index (κ3) is 1.80. The van der Waals surface area contributed by atoms with Crippen molar-refractivity contribution in [3.8, 4) is 5.75 Å². The van der Waals surface area contributed by atoms with Crippen LogP contribution in [-0.2, 0) is 4.74 Å². The van der Waals surface area contributed by atoms with Crippen LogP contribution in [0.1, 0.15) is 0 Å². The lowest BCUT2D eigenvalue weighted by atomic mass is 10.1. The van der Waals surface area contributed by atoms with E-state index in [0.29, 0.717) is 5.52 Å². The van der Waals surface area contributed by atoms with Gasteiger partial charge >= 0.3 is 0 Å². The van der Waals surface area contributed by atoms with Gasteiger partial charge in [0.05, 0.1) is 13.2 Å². The molecule has 0 atom stereocenters. The van der Waals surface area contributed by atoms with E-state index in [9.17, 15) is 5.11 Å². The molecule has 0 radical (unpaired) electrons. The number of ether oxygens (including phenoxy) is 1. The zero-order valence-corrected chi connectivity index (χ0v) is 9.47. The van der Waals surface area contributed by atoms with E-state index in [2.05, 4.69) is 9.88 Å². The second-order valence-electron chi connectivity index (χ2n) is 4.10. The van der Waals surface area contributed by atoms with Gasteiger partial charge in [0.2, 0.25) is 0 Å². The van der Waals surface area contributed by atoms with Crippen LogP contribution in [-0.4, -0.2) is 36.4 Å². The maximum atomic E-state index is 9.79. The van der Waals surface area contributed by atoms with Crippen molar-refractivity contribution in [3.63, 3.8) is 0 Å². The Hall–Kier alpha value is -1.81. The van der Waals surface area contributed by atoms with E-state index in [-0.39, 0.29) is 5.75 Å². The lowest BCUT2D eigenvalue weighted by Crippen LogP contribution is -2.36. The summed E-state index contributed by atoms with van der Waals surface area (Å²) in [6.07, 6.45) is 1.70. The Morgan fingerprint density at radius 2 is 2.00 bits per heavy atom.